The Bertz CT molecular complexity index is 948. The number of pyridine rings is 1. The standard InChI is InChI=1S/C18H17FN4O2/c1-12-2-4-15(18(25)22-12)17(24)21-9-13-3-5-16(19)14(8-13)10-23-7-6-20-11-23/h2-8,11H,9-10H2,1H3,(H,21,24)(H,22,25). The second-order valence-electron chi connectivity index (χ2n) is 5.73. The Labute approximate surface area is 143 Å². The SMILES string of the molecule is Cc1ccc(C(=O)NCc2ccc(F)c(Cn3ccnc3)c2)c(=O)[nH]1. The minimum Gasteiger partial charge on any atom is -0.348 e. The quantitative estimate of drug-likeness (QED) is 0.745. The molecule has 0 aliphatic carbocycles. The Kier molecular flexibility index (Phi) is 4.74. The summed E-state index contributed by atoms with van der Waals surface area (Å²) in [6, 6.07) is 7.81. The number of amides is 1. The van der Waals surface area contributed by atoms with E-state index < -0.39 is 11.5 Å². The van der Waals surface area contributed by atoms with Crippen molar-refractivity contribution in [2.24, 2.45) is 0 Å². The summed E-state index contributed by atoms with van der Waals surface area (Å²) >= 11 is 0. The van der Waals surface area contributed by atoms with Crippen LogP contribution in [0.1, 0.15) is 27.2 Å². The van der Waals surface area contributed by atoms with Crippen molar-refractivity contribution in [3.05, 3.63) is 87.6 Å². The number of aromatic nitrogens is 3. The molecule has 0 saturated heterocycles. The highest BCUT2D eigenvalue weighted by Gasteiger charge is 2.11. The van der Waals surface area contributed by atoms with Gasteiger partial charge in [0.05, 0.1) is 12.9 Å². The lowest BCUT2D eigenvalue weighted by atomic mass is 10.1. The summed E-state index contributed by atoms with van der Waals surface area (Å²) in [4.78, 5) is 30.4. The Morgan fingerprint density at radius 3 is 2.88 bits per heavy atom. The number of nitrogens with one attached hydrogen (secondary N) is 2. The molecule has 0 radical (unpaired) electrons. The topological polar surface area (TPSA) is 79.8 Å². The van der Waals surface area contributed by atoms with E-state index in [9.17, 15) is 14.0 Å². The van der Waals surface area contributed by atoms with Crippen LogP contribution in [0.3, 0.4) is 0 Å². The third-order valence-electron chi connectivity index (χ3n) is 3.78. The lowest BCUT2D eigenvalue weighted by Gasteiger charge is -2.09. The molecule has 0 fully saturated rings. The predicted octanol–water partition coefficient (Wildman–Crippen LogP) is 2.00. The summed E-state index contributed by atoms with van der Waals surface area (Å²) in [5.41, 5.74) is 1.54. The summed E-state index contributed by atoms with van der Waals surface area (Å²) in [7, 11) is 0. The van der Waals surface area contributed by atoms with E-state index >= 15 is 0 Å². The summed E-state index contributed by atoms with van der Waals surface area (Å²) in [5, 5.41) is 2.68. The molecular formula is C18H17FN4O2. The number of H-pyrrole nitrogens is 1. The molecular weight excluding hydrogens is 323 g/mol. The van der Waals surface area contributed by atoms with E-state index in [2.05, 4.69) is 15.3 Å². The monoisotopic (exact) mass is 340 g/mol. The summed E-state index contributed by atoms with van der Waals surface area (Å²) in [5.74, 6) is -0.791. The first-order chi connectivity index (χ1) is 12.0. The molecule has 25 heavy (non-hydrogen) atoms. The van der Waals surface area contributed by atoms with E-state index in [1.54, 1.807) is 48.4 Å². The predicted molar refractivity (Wildman–Crippen MR) is 90.7 cm³/mol. The molecule has 2 heterocycles. The third-order valence-corrected chi connectivity index (χ3v) is 3.78. The van der Waals surface area contributed by atoms with Crippen molar-refractivity contribution in [1.29, 1.82) is 0 Å². The first-order valence-corrected chi connectivity index (χ1v) is 7.74. The number of halogens is 1. The number of nitrogens with zero attached hydrogens (tertiary/aromatic N) is 2. The van der Waals surface area contributed by atoms with Crippen LogP contribution in [0.15, 0.2) is 53.8 Å². The van der Waals surface area contributed by atoms with Crippen LogP contribution in [0.25, 0.3) is 0 Å². The highest BCUT2D eigenvalue weighted by Crippen LogP contribution is 2.12. The van der Waals surface area contributed by atoms with Gasteiger partial charge in [0.15, 0.2) is 0 Å². The van der Waals surface area contributed by atoms with Crippen LogP contribution in [-0.2, 0) is 13.1 Å². The molecule has 3 rings (SSSR count). The Morgan fingerprint density at radius 1 is 1.32 bits per heavy atom. The molecule has 128 valence electrons. The van der Waals surface area contributed by atoms with Crippen molar-refractivity contribution >= 4 is 5.91 Å². The van der Waals surface area contributed by atoms with Gasteiger partial charge in [-0.05, 0) is 36.8 Å². The maximum absolute atomic E-state index is 13.9. The van der Waals surface area contributed by atoms with Gasteiger partial charge >= 0.3 is 0 Å². The molecule has 0 atom stereocenters. The Balaban J connectivity index is 1.70. The molecule has 3 aromatic rings. The van der Waals surface area contributed by atoms with Crippen molar-refractivity contribution in [2.75, 3.05) is 0 Å². The maximum atomic E-state index is 13.9. The average molecular weight is 340 g/mol. The van der Waals surface area contributed by atoms with Crippen molar-refractivity contribution in [2.45, 2.75) is 20.0 Å². The van der Waals surface area contributed by atoms with Gasteiger partial charge in [0, 0.05) is 30.2 Å². The molecule has 2 N–H and O–H groups in total. The van der Waals surface area contributed by atoms with Crippen LogP contribution in [0.4, 0.5) is 4.39 Å². The molecule has 0 bridgehead atoms. The number of aryl methyl sites for hydroxylation is 1. The van der Waals surface area contributed by atoms with Gasteiger partial charge in [0.2, 0.25) is 0 Å². The van der Waals surface area contributed by atoms with Crippen molar-refractivity contribution < 1.29 is 9.18 Å². The number of carbonyl (C=O) groups is 1. The highest BCUT2D eigenvalue weighted by molar-refractivity contribution is 5.93. The van der Waals surface area contributed by atoms with Gasteiger partial charge in [0.1, 0.15) is 11.4 Å². The fourth-order valence-electron chi connectivity index (χ4n) is 2.46. The maximum Gasteiger partial charge on any atom is 0.260 e. The van der Waals surface area contributed by atoms with Crippen LogP contribution in [0, 0.1) is 12.7 Å². The summed E-state index contributed by atoms with van der Waals surface area (Å²) < 4.78 is 15.7. The van der Waals surface area contributed by atoms with Gasteiger partial charge in [-0.2, -0.15) is 0 Å². The van der Waals surface area contributed by atoms with Crippen molar-refractivity contribution in [3.8, 4) is 0 Å². The van der Waals surface area contributed by atoms with Crippen LogP contribution in [0.2, 0.25) is 0 Å². The average Bonchev–Trinajstić information content (AvgIpc) is 3.08. The molecule has 0 aliphatic heterocycles. The van der Waals surface area contributed by atoms with Crippen LogP contribution in [0.5, 0.6) is 0 Å². The summed E-state index contributed by atoms with van der Waals surface area (Å²) in [6.45, 7) is 2.29. The van der Waals surface area contributed by atoms with Gasteiger partial charge in [0.25, 0.3) is 11.5 Å². The molecule has 1 aromatic carbocycles. The van der Waals surface area contributed by atoms with Gasteiger partial charge in [-0.1, -0.05) is 6.07 Å². The number of carbonyl (C=O) groups excluding carboxylic acids is 1. The molecule has 0 saturated carbocycles. The van der Waals surface area contributed by atoms with E-state index in [1.165, 1.54) is 12.1 Å². The normalized spacial score (nSPS) is 10.6. The Morgan fingerprint density at radius 2 is 2.16 bits per heavy atom. The van der Waals surface area contributed by atoms with E-state index in [0.29, 0.717) is 17.8 Å². The molecule has 6 nitrogen and oxygen atoms in total. The number of imidazole rings is 1. The van der Waals surface area contributed by atoms with Crippen LogP contribution in [-0.4, -0.2) is 20.4 Å². The zero-order valence-electron chi connectivity index (χ0n) is 13.6. The number of hydrogen-bond acceptors (Lipinski definition) is 3. The fraction of sp³-hybridized carbons (Fsp3) is 0.167. The van der Waals surface area contributed by atoms with Crippen molar-refractivity contribution in [3.63, 3.8) is 0 Å². The second kappa shape index (κ2) is 7.12. The number of hydrogen-bond donors (Lipinski definition) is 2. The van der Waals surface area contributed by atoms with Crippen LogP contribution >= 0.6 is 0 Å². The van der Waals surface area contributed by atoms with E-state index in [-0.39, 0.29) is 17.9 Å². The second-order valence-corrected chi connectivity index (χ2v) is 5.73. The van der Waals surface area contributed by atoms with Gasteiger partial charge in [-0.3, -0.25) is 9.59 Å². The largest absolute Gasteiger partial charge is 0.348 e. The van der Waals surface area contributed by atoms with E-state index in [0.717, 1.165) is 5.56 Å². The van der Waals surface area contributed by atoms with Crippen LogP contribution < -0.4 is 10.9 Å². The molecule has 2 aromatic heterocycles. The molecule has 0 aliphatic rings. The number of aromatic amines is 1. The van der Waals surface area contributed by atoms with Gasteiger partial charge < -0.3 is 14.9 Å². The lowest BCUT2D eigenvalue weighted by Crippen LogP contribution is -2.29. The fourth-order valence-corrected chi connectivity index (χ4v) is 2.46. The lowest BCUT2D eigenvalue weighted by molar-refractivity contribution is 0.0949. The molecule has 0 spiro atoms. The minimum absolute atomic E-state index is 0.0475. The van der Waals surface area contributed by atoms with Gasteiger partial charge in [-0.25, -0.2) is 9.37 Å². The highest BCUT2D eigenvalue weighted by atomic mass is 19.1. The first-order valence-electron chi connectivity index (χ1n) is 7.74. The molecule has 0 unspecified atom stereocenters. The van der Waals surface area contributed by atoms with E-state index in [4.69, 9.17) is 0 Å². The number of benzene rings is 1. The van der Waals surface area contributed by atoms with Gasteiger partial charge in [-0.15, -0.1) is 0 Å². The molecule has 1 amide bonds. The first kappa shape index (κ1) is 16.6. The zero-order chi connectivity index (χ0) is 17.8. The third kappa shape index (κ3) is 4.00. The number of rotatable bonds is 5. The minimum atomic E-state index is -0.471. The summed E-state index contributed by atoms with van der Waals surface area (Å²) in [6.07, 6.45) is 4.98. The smallest absolute Gasteiger partial charge is 0.260 e. The molecule has 7 heteroatoms. The zero-order valence-corrected chi connectivity index (χ0v) is 13.6. The van der Waals surface area contributed by atoms with E-state index in [1.807, 2.05) is 0 Å². The Hall–Kier alpha value is -3.22. The van der Waals surface area contributed by atoms with Crippen molar-refractivity contribution in [1.82, 2.24) is 19.9 Å².